The van der Waals surface area contributed by atoms with Crippen LogP contribution in [0.5, 0.6) is 11.5 Å². The van der Waals surface area contributed by atoms with Crippen molar-refractivity contribution in [2.75, 3.05) is 19.1 Å². The molecular formula is C33H31NO5. The lowest BCUT2D eigenvalue weighted by Crippen LogP contribution is -2.29. The molecule has 0 saturated carbocycles. The van der Waals surface area contributed by atoms with Crippen molar-refractivity contribution in [2.45, 2.75) is 32.2 Å². The number of benzene rings is 4. The number of Topliss-reactive ketones (excluding diaryl/α,β-unsaturated/α-hetero) is 1. The first-order chi connectivity index (χ1) is 18.7. The second-order valence-electron chi connectivity index (χ2n) is 10.6. The summed E-state index contributed by atoms with van der Waals surface area (Å²) in [6.07, 6.45) is 0. The highest BCUT2D eigenvalue weighted by molar-refractivity contribution is 6.52. The van der Waals surface area contributed by atoms with E-state index in [1.54, 1.807) is 50.6 Å². The average molecular weight is 522 g/mol. The molecule has 0 spiro atoms. The summed E-state index contributed by atoms with van der Waals surface area (Å²) in [7, 11) is 3.15. The van der Waals surface area contributed by atoms with E-state index < -0.39 is 17.7 Å². The van der Waals surface area contributed by atoms with Gasteiger partial charge >= 0.3 is 0 Å². The molecule has 0 bridgehead atoms. The molecule has 4 aromatic carbocycles. The molecule has 6 nitrogen and oxygen atoms in total. The van der Waals surface area contributed by atoms with E-state index >= 15 is 0 Å². The van der Waals surface area contributed by atoms with Crippen molar-refractivity contribution in [3.8, 4) is 11.5 Å². The van der Waals surface area contributed by atoms with Crippen LogP contribution >= 0.6 is 0 Å². The van der Waals surface area contributed by atoms with Crippen molar-refractivity contribution < 1.29 is 24.2 Å². The molecule has 6 heteroatoms. The summed E-state index contributed by atoms with van der Waals surface area (Å²) >= 11 is 0. The molecule has 1 saturated heterocycles. The van der Waals surface area contributed by atoms with Crippen LogP contribution in [0, 0.1) is 0 Å². The summed E-state index contributed by atoms with van der Waals surface area (Å²) in [5, 5.41) is 13.6. The fourth-order valence-electron chi connectivity index (χ4n) is 5.24. The molecule has 0 aliphatic carbocycles. The number of carbonyl (C=O) groups is 2. The molecular weight excluding hydrogens is 490 g/mol. The lowest BCUT2D eigenvalue weighted by molar-refractivity contribution is -0.132. The number of amides is 1. The van der Waals surface area contributed by atoms with Gasteiger partial charge in [0.2, 0.25) is 0 Å². The molecule has 1 N–H and O–H groups in total. The summed E-state index contributed by atoms with van der Waals surface area (Å²) < 4.78 is 11.0. The molecule has 1 fully saturated rings. The third-order valence-corrected chi connectivity index (χ3v) is 7.17. The first kappa shape index (κ1) is 26.0. The SMILES string of the molecule is COc1cccc(N2C(=O)C(=O)/C(=C(/O)c3ccc(OC)c(C(C)(C)C)c3)C2c2cccc3ccccc23)c1. The number of ether oxygens (including phenoxy) is 2. The van der Waals surface area contributed by atoms with Crippen LogP contribution in [0.15, 0.2) is 90.5 Å². The second-order valence-corrected chi connectivity index (χ2v) is 10.6. The largest absolute Gasteiger partial charge is 0.507 e. The lowest BCUT2D eigenvalue weighted by atomic mass is 9.84. The molecule has 39 heavy (non-hydrogen) atoms. The number of nitrogens with zero attached hydrogens (tertiary/aromatic N) is 1. The Kier molecular flexibility index (Phi) is 6.64. The molecule has 1 aliphatic heterocycles. The summed E-state index contributed by atoms with van der Waals surface area (Å²) in [4.78, 5) is 28.8. The van der Waals surface area contributed by atoms with Gasteiger partial charge in [-0.3, -0.25) is 14.5 Å². The Hall–Kier alpha value is -4.58. The summed E-state index contributed by atoms with van der Waals surface area (Å²) in [5.74, 6) is -0.462. The smallest absolute Gasteiger partial charge is 0.300 e. The molecule has 1 aliphatic rings. The highest BCUT2D eigenvalue weighted by Gasteiger charge is 2.47. The Labute approximate surface area is 228 Å². The van der Waals surface area contributed by atoms with Crippen LogP contribution in [0.1, 0.15) is 43.5 Å². The zero-order chi connectivity index (χ0) is 27.9. The minimum Gasteiger partial charge on any atom is -0.507 e. The number of hydrogen-bond donors (Lipinski definition) is 1. The van der Waals surface area contributed by atoms with Crippen molar-refractivity contribution in [3.63, 3.8) is 0 Å². The van der Waals surface area contributed by atoms with Gasteiger partial charge in [0.05, 0.1) is 25.8 Å². The minimum atomic E-state index is -0.858. The number of aliphatic hydroxyl groups is 1. The number of ketones is 1. The van der Waals surface area contributed by atoms with E-state index in [9.17, 15) is 14.7 Å². The van der Waals surface area contributed by atoms with E-state index in [0.717, 1.165) is 21.9 Å². The van der Waals surface area contributed by atoms with Crippen molar-refractivity contribution in [1.29, 1.82) is 0 Å². The van der Waals surface area contributed by atoms with Crippen LogP contribution in [0.4, 0.5) is 5.69 Å². The summed E-state index contributed by atoms with van der Waals surface area (Å²) in [6, 6.07) is 25.1. The molecule has 1 heterocycles. The van der Waals surface area contributed by atoms with Gasteiger partial charge in [0, 0.05) is 22.9 Å². The highest BCUT2D eigenvalue weighted by Crippen LogP contribution is 2.45. The fourth-order valence-corrected chi connectivity index (χ4v) is 5.24. The van der Waals surface area contributed by atoms with Gasteiger partial charge in [0.1, 0.15) is 17.3 Å². The second kappa shape index (κ2) is 9.95. The topological polar surface area (TPSA) is 76.1 Å². The maximum Gasteiger partial charge on any atom is 0.300 e. The number of hydrogen-bond acceptors (Lipinski definition) is 5. The monoisotopic (exact) mass is 521 g/mol. The number of anilines is 1. The molecule has 198 valence electrons. The predicted octanol–water partition coefficient (Wildman–Crippen LogP) is 6.78. The highest BCUT2D eigenvalue weighted by atomic mass is 16.5. The van der Waals surface area contributed by atoms with E-state index in [4.69, 9.17) is 9.47 Å². The van der Waals surface area contributed by atoms with Gasteiger partial charge in [-0.2, -0.15) is 0 Å². The minimum absolute atomic E-state index is 0.0317. The van der Waals surface area contributed by atoms with Crippen molar-refractivity contribution in [2.24, 2.45) is 0 Å². The van der Waals surface area contributed by atoms with Gasteiger partial charge < -0.3 is 14.6 Å². The van der Waals surface area contributed by atoms with E-state index in [-0.39, 0.29) is 16.7 Å². The predicted molar refractivity (Wildman–Crippen MR) is 153 cm³/mol. The van der Waals surface area contributed by atoms with Crippen LogP contribution in [0.3, 0.4) is 0 Å². The van der Waals surface area contributed by atoms with Gasteiger partial charge in [-0.15, -0.1) is 0 Å². The maximum atomic E-state index is 13.7. The summed E-state index contributed by atoms with van der Waals surface area (Å²) in [6.45, 7) is 6.14. The summed E-state index contributed by atoms with van der Waals surface area (Å²) in [5.41, 5.74) is 2.29. The van der Waals surface area contributed by atoms with Gasteiger partial charge in [-0.1, -0.05) is 69.3 Å². The standard InChI is InChI=1S/C33H31NO5/c1-33(2,3)26-18-21(16-17-27(26)39-5)30(35)28-29(25-15-8-11-20-10-6-7-14-24(20)25)34(32(37)31(28)36)22-12-9-13-23(19-22)38-4/h6-19,29,35H,1-5H3/b30-28+. The molecule has 1 atom stereocenters. The normalized spacial score (nSPS) is 17.1. The van der Waals surface area contributed by atoms with Gasteiger partial charge in [0.25, 0.3) is 11.7 Å². The van der Waals surface area contributed by atoms with Crippen LogP contribution in [0.25, 0.3) is 16.5 Å². The first-order valence-corrected chi connectivity index (χ1v) is 12.8. The number of aliphatic hydroxyl groups excluding tert-OH is 1. The number of fused-ring (bicyclic) bond motifs is 1. The van der Waals surface area contributed by atoms with Crippen LogP contribution in [-0.4, -0.2) is 31.0 Å². The molecule has 5 rings (SSSR count). The lowest BCUT2D eigenvalue weighted by Gasteiger charge is -2.27. The number of methoxy groups -OCH3 is 2. The zero-order valence-electron chi connectivity index (χ0n) is 22.7. The van der Waals surface area contributed by atoms with E-state index in [1.165, 1.54) is 4.90 Å². The molecule has 0 radical (unpaired) electrons. The third kappa shape index (κ3) is 4.52. The van der Waals surface area contributed by atoms with Crippen LogP contribution in [-0.2, 0) is 15.0 Å². The van der Waals surface area contributed by atoms with Crippen LogP contribution < -0.4 is 14.4 Å². The Morgan fingerprint density at radius 2 is 1.56 bits per heavy atom. The Morgan fingerprint density at radius 1 is 0.846 bits per heavy atom. The Balaban J connectivity index is 1.80. The van der Waals surface area contributed by atoms with E-state index in [2.05, 4.69) is 0 Å². The van der Waals surface area contributed by atoms with Gasteiger partial charge in [-0.25, -0.2) is 0 Å². The fraction of sp³-hybridized carbons (Fsp3) is 0.212. The van der Waals surface area contributed by atoms with E-state index in [1.807, 2.05) is 69.3 Å². The Morgan fingerprint density at radius 3 is 2.28 bits per heavy atom. The molecule has 4 aromatic rings. The zero-order valence-corrected chi connectivity index (χ0v) is 22.7. The van der Waals surface area contributed by atoms with Crippen molar-refractivity contribution in [1.82, 2.24) is 0 Å². The maximum absolute atomic E-state index is 13.7. The molecule has 0 aromatic heterocycles. The van der Waals surface area contributed by atoms with Crippen molar-refractivity contribution in [3.05, 3.63) is 107 Å². The molecule has 1 amide bonds. The first-order valence-electron chi connectivity index (χ1n) is 12.8. The Bertz CT molecular complexity index is 1620. The van der Waals surface area contributed by atoms with Crippen LogP contribution in [0.2, 0.25) is 0 Å². The molecule has 1 unspecified atom stereocenters. The van der Waals surface area contributed by atoms with Gasteiger partial charge in [0.15, 0.2) is 0 Å². The van der Waals surface area contributed by atoms with E-state index in [0.29, 0.717) is 22.7 Å². The van der Waals surface area contributed by atoms with Crippen molar-refractivity contribution >= 4 is 33.9 Å². The third-order valence-electron chi connectivity index (χ3n) is 7.17. The van der Waals surface area contributed by atoms with Gasteiger partial charge in [-0.05, 0) is 52.1 Å². The number of rotatable bonds is 5. The average Bonchev–Trinajstić information content (AvgIpc) is 3.21. The number of carbonyl (C=O) groups excluding carboxylic acids is 2. The quantitative estimate of drug-likeness (QED) is 0.178.